The zero-order valence-electron chi connectivity index (χ0n) is 14.6. The first-order valence-corrected chi connectivity index (χ1v) is 8.76. The molecule has 0 aliphatic rings. The third-order valence-electron chi connectivity index (χ3n) is 3.93. The number of nitrogens with one attached hydrogen (secondary N) is 1. The molecule has 3 rings (SSSR count). The van der Waals surface area contributed by atoms with Crippen LogP contribution in [0.15, 0.2) is 60.8 Å². The highest BCUT2D eigenvalue weighted by atomic mass is 16.5. The zero-order chi connectivity index (χ0) is 17.3. The molecule has 2 aromatic carbocycles. The van der Waals surface area contributed by atoms with Gasteiger partial charge in [-0.3, -0.25) is 0 Å². The van der Waals surface area contributed by atoms with Crippen molar-refractivity contribution in [2.75, 3.05) is 19.8 Å². The molecule has 0 atom stereocenters. The molecule has 1 N–H and O–H groups in total. The lowest BCUT2D eigenvalue weighted by molar-refractivity contribution is 0.299. The van der Waals surface area contributed by atoms with Crippen LogP contribution in [0.1, 0.15) is 18.9 Å². The van der Waals surface area contributed by atoms with E-state index < -0.39 is 0 Å². The minimum atomic E-state index is 0.576. The largest absolute Gasteiger partial charge is 0.493 e. The fourth-order valence-corrected chi connectivity index (χ4v) is 2.72. The maximum atomic E-state index is 5.94. The van der Waals surface area contributed by atoms with Crippen molar-refractivity contribution in [2.45, 2.75) is 19.9 Å². The Labute approximate surface area is 148 Å². The van der Waals surface area contributed by atoms with Crippen LogP contribution in [-0.2, 0) is 6.54 Å². The zero-order valence-corrected chi connectivity index (χ0v) is 14.6. The second-order valence-corrected chi connectivity index (χ2v) is 5.81. The molecule has 3 aromatic rings. The predicted octanol–water partition coefficient (Wildman–Crippen LogP) is 4.19. The van der Waals surface area contributed by atoms with Gasteiger partial charge < -0.3 is 14.8 Å². The molecule has 0 aliphatic carbocycles. The summed E-state index contributed by atoms with van der Waals surface area (Å²) in [5.41, 5.74) is 1.20. The first-order chi connectivity index (χ1) is 12.4. The highest BCUT2D eigenvalue weighted by Gasteiger charge is 2.08. The number of nitrogens with zero attached hydrogens (tertiary/aromatic N) is 1. The quantitative estimate of drug-likeness (QED) is 0.595. The van der Waals surface area contributed by atoms with Crippen LogP contribution >= 0.6 is 0 Å². The lowest BCUT2D eigenvalue weighted by Gasteiger charge is -2.15. The highest BCUT2D eigenvalue weighted by molar-refractivity contribution is 5.87. The first kappa shape index (κ1) is 17.2. The Morgan fingerprint density at radius 1 is 0.920 bits per heavy atom. The van der Waals surface area contributed by atoms with E-state index in [4.69, 9.17) is 9.47 Å². The fourth-order valence-electron chi connectivity index (χ4n) is 2.72. The minimum absolute atomic E-state index is 0.576. The Bertz CT molecular complexity index is 790. The smallest absolute Gasteiger partial charge is 0.213 e. The molecule has 1 heterocycles. The second kappa shape index (κ2) is 9.04. The first-order valence-electron chi connectivity index (χ1n) is 8.76. The summed E-state index contributed by atoms with van der Waals surface area (Å²) in [6, 6.07) is 18.3. The maximum Gasteiger partial charge on any atom is 0.213 e. The summed E-state index contributed by atoms with van der Waals surface area (Å²) in [6.07, 6.45) is 2.73. The van der Waals surface area contributed by atoms with Gasteiger partial charge in [0, 0.05) is 30.9 Å². The Kier molecular flexibility index (Phi) is 6.23. The predicted molar refractivity (Wildman–Crippen MR) is 101 cm³/mol. The molecule has 0 fully saturated rings. The van der Waals surface area contributed by atoms with Gasteiger partial charge in [-0.1, -0.05) is 43.3 Å². The van der Waals surface area contributed by atoms with Crippen LogP contribution in [0.4, 0.5) is 0 Å². The van der Waals surface area contributed by atoms with Gasteiger partial charge in [-0.25, -0.2) is 4.98 Å². The Morgan fingerprint density at radius 2 is 1.80 bits per heavy atom. The van der Waals surface area contributed by atoms with Gasteiger partial charge in [-0.2, -0.15) is 0 Å². The Morgan fingerprint density at radius 3 is 2.64 bits per heavy atom. The van der Waals surface area contributed by atoms with Gasteiger partial charge in [0.2, 0.25) is 5.88 Å². The van der Waals surface area contributed by atoms with Crippen molar-refractivity contribution in [1.29, 1.82) is 0 Å². The third-order valence-corrected chi connectivity index (χ3v) is 3.93. The van der Waals surface area contributed by atoms with Crippen LogP contribution in [-0.4, -0.2) is 24.7 Å². The Hall–Kier alpha value is -2.59. The van der Waals surface area contributed by atoms with Crippen LogP contribution in [0.5, 0.6) is 11.6 Å². The van der Waals surface area contributed by atoms with Gasteiger partial charge in [0.15, 0.2) is 0 Å². The van der Waals surface area contributed by atoms with Crippen molar-refractivity contribution in [1.82, 2.24) is 10.3 Å². The fraction of sp³-hybridized carbons (Fsp3) is 0.286. The van der Waals surface area contributed by atoms with E-state index in [1.54, 1.807) is 6.20 Å². The number of fused-ring (bicyclic) bond motifs is 1. The number of aromatic nitrogens is 1. The van der Waals surface area contributed by atoms with Crippen LogP contribution in [0.3, 0.4) is 0 Å². The average Bonchev–Trinajstić information content (AvgIpc) is 2.67. The molecule has 0 saturated carbocycles. The summed E-state index contributed by atoms with van der Waals surface area (Å²) in [7, 11) is 0. The Balaban J connectivity index is 1.62. The van der Waals surface area contributed by atoms with Crippen LogP contribution in [0.2, 0.25) is 0 Å². The highest BCUT2D eigenvalue weighted by Crippen LogP contribution is 2.28. The number of benzene rings is 2. The summed E-state index contributed by atoms with van der Waals surface area (Å²) >= 11 is 0. The average molecular weight is 336 g/mol. The number of hydrogen-bond donors (Lipinski definition) is 1. The molecule has 0 spiro atoms. The maximum absolute atomic E-state index is 5.94. The van der Waals surface area contributed by atoms with E-state index in [-0.39, 0.29) is 0 Å². The van der Waals surface area contributed by atoms with Crippen molar-refractivity contribution in [3.05, 3.63) is 66.4 Å². The van der Waals surface area contributed by atoms with Gasteiger partial charge >= 0.3 is 0 Å². The normalized spacial score (nSPS) is 10.8. The van der Waals surface area contributed by atoms with E-state index in [9.17, 15) is 0 Å². The summed E-state index contributed by atoms with van der Waals surface area (Å²) in [5, 5.41) is 5.91. The molecule has 4 heteroatoms. The van der Waals surface area contributed by atoms with Gasteiger partial charge in [0.1, 0.15) is 12.4 Å². The van der Waals surface area contributed by atoms with E-state index in [0.717, 1.165) is 31.9 Å². The summed E-state index contributed by atoms with van der Waals surface area (Å²) in [4.78, 5) is 4.15. The molecule has 0 radical (unpaired) electrons. The molecule has 0 bridgehead atoms. The number of pyridine rings is 1. The van der Waals surface area contributed by atoms with Crippen LogP contribution < -0.4 is 14.8 Å². The molecule has 0 amide bonds. The molecule has 0 aliphatic heterocycles. The molecular formula is C21H24N2O2. The molecule has 0 unspecified atom stereocenters. The minimum Gasteiger partial charge on any atom is -0.493 e. The topological polar surface area (TPSA) is 43.4 Å². The van der Waals surface area contributed by atoms with E-state index in [1.807, 2.05) is 18.2 Å². The number of rotatable bonds is 9. The van der Waals surface area contributed by atoms with E-state index in [2.05, 4.69) is 53.6 Å². The van der Waals surface area contributed by atoms with Crippen molar-refractivity contribution in [3.8, 4) is 11.6 Å². The molecular weight excluding hydrogens is 312 g/mol. The summed E-state index contributed by atoms with van der Waals surface area (Å²) < 4.78 is 11.6. The van der Waals surface area contributed by atoms with E-state index in [1.165, 1.54) is 16.3 Å². The second-order valence-electron chi connectivity index (χ2n) is 5.81. The summed E-state index contributed by atoms with van der Waals surface area (Å²) in [5.74, 6) is 1.61. The van der Waals surface area contributed by atoms with Gasteiger partial charge in [0.25, 0.3) is 0 Å². The van der Waals surface area contributed by atoms with Gasteiger partial charge in [-0.15, -0.1) is 0 Å². The molecule has 0 saturated heterocycles. The summed E-state index contributed by atoms with van der Waals surface area (Å²) in [6.45, 7) is 4.91. The SMILES string of the molecule is CCCOc1ccc2ccccc2c1CNCCOc1ccccn1. The van der Waals surface area contributed by atoms with E-state index in [0.29, 0.717) is 12.5 Å². The molecule has 1 aromatic heterocycles. The molecule has 4 nitrogen and oxygen atoms in total. The molecule has 130 valence electrons. The van der Waals surface area contributed by atoms with Crippen molar-refractivity contribution < 1.29 is 9.47 Å². The van der Waals surface area contributed by atoms with Crippen molar-refractivity contribution in [2.24, 2.45) is 0 Å². The van der Waals surface area contributed by atoms with Crippen molar-refractivity contribution in [3.63, 3.8) is 0 Å². The monoisotopic (exact) mass is 336 g/mol. The van der Waals surface area contributed by atoms with Crippen molar-refractivity contribution >= 4 is 10.8 Å². The third kappa shape index (κ3) is 4.70. The molecule has 25 heavy (non-hydrogen) atoms. The van der Waals surface area contributed by atoms with Crippen LogP contribution in [0, 0.1) is 0 Å². The van der Waals surface area contributed by atoms with Crippen LogP contribution in [0.25, 0.3) is 10.8 Å². The number of hydrogen-bond acceptors (Lipinski definition) is 4. The lowest BCUT2D eigenvalue weighted by atomic mass is 10.0. The standard InChI is InChI=1S/C21H24N2O2/c1-2-14-24-20-11-10-17-7-3-4-8-18(17)19(20)16-22-13-15-25-21-9-5-6-12-23-21/h3-12,22H,2,13-16H2,1H3. The lowest BCUT2D eigenvalue weighted by Crippen LogP contribution is -2.21. The van der Waals surface area contributed by atoms with Gasteiger partial charge in [-0.05, 0) is 29.3 Å². The van der Waals surface area contributed by atoms with E-state index >= 15 is 0 Å². The van der Waals surface area contributed by atoms with Gasteiger partial charge in [0.05, 0.1) is 6.61 Å². The number of ether oxygens (including phenoxy) is 2.